The molecule has 2 aliphatic rings. The Labute approximate surface area is 259 Å². The molecule has 0 unspecified atom stereocenters. The number of amidine groups is 1. The van der Waals surface area contributed by atoms with Crippen LogP contribution in [0.5, 0.6) is 0 Å². The van der Waals surface area contributed by atoms with Gasteiger partial charge in [0.05, 0.1) is 5.69 Å². The van der Waals surface area contributed by atoms with Gasteiger partial charge < -0.3 is 23.7 Å². The fourth-order valence-corrected chi connectivity index (χ4v) is 6.26. The summed E-state index contributed by atoms with van der Waals surface area (Å²) < 4.78 is 27.8. The van der Waals surface area contributed by atoms with Crippen molar-refractivity contribution in [1.82, 2.24) is 0 Å². The average Bonchev–Trinajstić information content (AvgIpc) is 3.54. The van der Waals surface area contributed by atoms with Gasteiger partial charge in [0.1, 0.15) is 18.4 Å². The van der Waals surface area contributed by atoms with Gasteiger partial charge in [0.15, 0.2) is 28.9 Å². The van der Waals surface area contributed by atoms with Gasteiger partial charge in [-0.25, -0.2) is 4.99 Å². The monoisotopic (exact) mass is 650 g/mol. The first kappa shape index (κ1) is 32.2. The van der Waals surface area contributed by atoms with E-state index in [4.69, 9.17) is 35.3 Å². The highest BCUT2D eigenvalue weighted by atomic mass is 35.5. The number of halogens is 1. The van der Waals surface area contributed by atoms with Crippen LogP contribution in [0, 0.1) is 0 Å². The first-order valence-electron chi connectivity index (χ1n) is 12.8. The van der Waals surface area contributed by atoms with E-state index >= 15 is 0 Å². The van der Waals surface area contributed by atoms with Gasteiger partial charge in [0, 0.05) is 37.6 Å². The molecule has 2 aliphatic heterocycles. The van der Waals surface area contributed by atoms with Gasteiger partial charge in [-0.3, -0.25) is 28.9 Å². The van der Waals surface area contributed by atoms with Crippen molar-refractivity contribution >= 4 is 81.4 Å². The molecule has 43 heavy (non-hydrogen) atoms. The summed E-state index contributed by atoms with van der Waals surface area (Å²) in [6.45, 7) is 4.23. The Morgan fingerprint density at radius 1 is 0.953 bits per heavy atom. The van der Waals surface area contributed by atoms with Crippen LogP contribution in [-0.4, -0.2) is 71.4 Å². The van der Waals surface area contributed by atoms with Gasteiger partial charge in [0.25, 0.3) is 5.91 Å². The molecule has 0 spiro atoms. The topological polar surface area (TPSA) is 147 Å². The number of hydrogen-bond donors (Lipinski definition) is 0. The van der Waals surface area contributed by atoms with Crippen LogP contribution >= 0.6 is 34.7 Å². The van der Waals surface area contributed by atoms with Crippen LogP contribution in [0.4, 0.5) is 5.69 Å². The Morgan fingerprint density at radius 3 is 2.16 bits per heavy atom. The maximum Gasteiger partial charge on any atom is 0.303 e. The molecule has 2 aromatic rings. The Morgan fingerprint density at radius 2 is 1.58 bits per heavy atom. The fraction of sp³-hybridized carbons (Fsp3) is 0.357. The molecule has 5 atom stereocenters. The summed E-state index contributed by atoms with van der Waals surface area (Å²) in [5, 5.41) is 2.46. The van der Waals surface area contributed by atoms with Gasteiger partial charge in [-0.2, -0.15) is 0 Å². The Bertz CT molecular complexity index is 1440. The quantitative estimate of drug-likeness (QED) is 0.232. The maximum absolute atomic E-state index is 13.6. The third-order valence-electron chi connectivity index (χ3n) is 5.91. The number of ether oxygens (including phenoxy) is 5. The molecule has 228 valence electrons. The second-order valence-electron chi connectivity index (χ2n) is 9.24. The molecule has 1 amide bonds. The van der Waals surface area contributed by atoms with Crippen molar-refractivity contribution in [1.29, 1.82) is 0 Å². The van der Waals surface area contributed by atoms with E-state index < -0.39 is 59.6 Å². The zero-order valence-corrected chi connectivity index (χ0v) is 25.8. The molecule has 0 N–H and O–H groups in total. The van der Waals surface area contributed by atoms with Gasteiger partial charge >= 0.3 is 23.9 Å². The lowest BCUT2D eigenvalue weighted by Crippen LogP contribution is -2.61. The molecular weight excluding hydrogens is 624 g/mol. The van der Waals surface area contributed by atoms with E-state index in [1.165, 1.54) is 23.2 Å². The maximum atomic E-state index is 13.6. The van der Waals surface area contributed by atoms with Crippen LogP contribution in [0.25, 0.3) is 6.08 Å². The molecule has 0 aliphatic carbocycles. The highest BCUT2D eigenvalue weighted by Gasteiger charge is 2.53. The molecule has 1 aromatic carbocycles. The average molecular weight is 651 g/mol. The van der Waals surface area contributed by atoms with Crippen LogP contribution in [-0.2, 0) is 47.7 Å². The second-order valence-corrected chi connectivity index (χ2v) is 11.7. The number of rotatable bonds is 8. The van der Waals surface area contributed by atoms with Gasteiger partial charge in [0.2, 0.25) is 0 Å². The highest BCUT2D eigenvalue weighted by Crippen LogP contribution is 2.39. The number of esters is 4. The molecule has 15 heteroatoms. The molecule has 1 saturated heterocycles. The third-order valence-corrected chi connectivity index (χ3v) is 8.07. The molecule has 0 radical (unpaired) electrons. The first-order valence-corrected chi connectivity index (χ1v) is 15.0. The van der Waals surface area contributed by atoms with Crippen LogP contribution in [0.15, 0.2) is 52.5 Å². The van der Waals surface area contributed by atoms with E-state index in [0.29, 0.717) is 10.7 Å². The van der Waals surface area contributed by atoms with Crippen LogP contribution in [0.2, 0.25) is 5.02 Å². The molecular formula is C28H27ClN2O10S2. The molecule has 0 saturated carbocycles. The largest absolute Gasteiger partial charge is 0.463 e. The Kier molecular flexibility index (Phi) is 10.6. The minimum absolute atomic E-state index is 0.130. The van der Waals surface area contributed by atoms with Crippen molar-refractivity contribution in [3.05, 3.63) is 57.4 Å². The van der Waals surface area contributed by atoms with Crippen molar-refractivity contribution in [2.75, 3.05) is 11.5 Å². The summed E-state index contributed by atoms with van der Waals surface area (Å²) in [6.07, 6.45) is -3.52. The third kappa shape index (κ3) is 8.22. The number of nitrogens with zero attached hydrogens (tertiary/aromatic N) is 2. The van der Waals surface area contributed by atoms with Crippen molar-refractivity contribution in [2.45, 2.75) is 57.5 Å². The van der Waals surface area contributed by atoms with Gasteiger partial charge in [-0.05, 0) is 41.8 Å². The number of carbonyl (C=O) groups is 5. The molecule has 1 fully saturated rings. The Balaban J connectivity index is 1.78. The van der Waals surface area contributed by atoms with Gasteiger partial charge in [-0.15, -0.1) is 11.3 Å². The minimum Gasteiger partial charge on any atom is -0.463 e. The van der Waals surface area contributed by atoms with E-state index in [2.05, 4.69) is 4.99 Å². The minimum atomic E-state index is -1.36. The molecule has 4 rings (SSSR count). The lowest BCUT2D eigenvalue weighted by atomic mass is 9.99. The molecule has 0 bridgehead atoms. The zero-order valence-electron chi connectivity index (χ0n) is 23.4. The number of thiophene rings is 1. The number of benzene rings is 1. The normalized spacial score (nSPS) is 24.3. The lowest BCUT2D eigenvalue weighted by Gasteiger charge is -2.44. The van der Waals surface area contributed by atoms with E-state index in [0.717, 1.165) is 37.4 Å². The van der Waals surface area contributed by atoms with Crippen LogP contribution in [0.1, 0.15) is 32.6 Å². The predicted molar refractivity (Wildman–Crippen MR) is 158 cm³/mol. The fourth-order valence-electron chi connectivity index (χ4n) is 4.29. The number of aliphatic imine (C=N–C) groups is 1. The van der Waals surface area contributed by atoms with Crippen molar-refractivity contribution in [3.8, 4) is 0 Å². The number of carbonyl (C=O) groups excluding carboxylic acids is 5. The van der Waals surface area contributed by atoms with E-state index in [-0.39, 0.29) is 17.5 Å². The number of thioether (sulfide) groups is 1. The Hall–Kier alpha value is -3.72. The highest BCUT2D eigenvalue weighted by molar-refractivity contribution is 8.14. The molecule has 1 aromatic heterocycles. The van der Waals surface area contributed by atoms with Crippen molar-refractivity contribution in [2.24, 2.45) is 4.99 Å². The lowest BCUT2D eigenvalue weighted by molar-refractivity contribution is -0.237. The van der Waals surface area contributed by atoms with E-state index in [1.54, 1.807) is 30.3 Å². The standard InChI is InChI=1S/C28H27ClN2O10S2/c1-14(32)37-13-22-23(38-15(2)33)24(39-16(3)34)25(40-17(4)35)27(41-22)43-28-30-21(12-20-6-5-11-42-20)26(36)31(28)19-9-7-18(29)8-10-19/h5-12,22-25,27H,13H2,1-4H3/b21-12-/t22-,23+,24+,25+,27-/m0/s1. The summed E-state index contributed by atoms with van der Waals surface area (Å²) in [5.74, 6) is -3.32. The van der Waals surface area contributed by atoms with Crippen LogP contribution in [0.3, 0.4) is 0 Å². The summed E-state index contributed by atoms with van der Waals surface area (Å²) in [5.41, 5.74) is -0.602. The summed E-state index contributed by atoms with van der Waals surface area (Å²) in [7, 11) is 0. The number of hydrogen-bond acceptors (Lipinski definition) is 13. The smallest absolute Gasteiger partial charge is 0.303 e. The van der Waals surface area contributed by atoms with Gasteiger partial charge in [-0.1, -0.05) is 29.4 Å². The van der Waals surface area contributed by atoms with Crippen LogP contribution < -0.4 is 4.90 Å². The summed E-state index contributed by atoms with van der Waals surface area (Å²) in [6, 6.07) is 10.2. The number of anilines is 1. The molecule has 3 heterocycles. The second kappa shape index (κ2) is 14.2. The first-order chi connectivity index (χ1) is 20.4. The predicted octanol–water partition coefficient (Wildman–Crippen LogP) is 3.96. The SMILES string of the molecule is CC(=O)OC[C@@H]1O[C@@H](SC2=N/C(=C\c3cccs3)C(=O)N2c2ccc(Cl)cc2)[C@H](OC(C)=O)[C@H](OC(C)=O)[C@@H]1OC(C)=O. The number of amides is 1. The summed E-state index contributed by atoms with van der Waals surface area (Å²) >= 11 is 8.41. The summed E-state index contributed by atoms with van der Waals surface area (Å²) in [4.78, 5) is 68.4. The van der Waals surface area contributed by atoms with Crippen molar-refractivity contribution < 1.29 is 47.7 Å². The molecule has 12 nitrogen and oxygen atoms in total. The van der Waals surface area contributed by atoms with E-state index in [1.807, 2.05) is 17.5 Å². The zero-order chi connectivity index (χ0) is 31.3. The van der Waals surface area contributed by atoms with Crippen molar-refractivity contribution in [3.63, 3.8) is 0 Å². The van der Waals surface area contributed by atoms with E-state index in [9.17, 15) is 24.0 Å².